The fourth-order valence-corrected chi connectivity index (χ4v) is 4.63. The van der Waals surface area contributed by atoms with E-state index >= 15 is 0 Å². The van der Waals surface area contributed by atoms with Gasteiger partial charge in [0, 0.05) is 32.1 Å². The molecule has 2 unspecified atom stereocenters. The normalized spacial score (nSPS) is 21.9. The number of nitrogens with zero attached hydrogens (tertiary/aromatic N) is 2. The minimum absolute atomic E-state index is 0.104. The first-order valence-corrected chi connectivity index (χ1v) is 11.2. The molecule has 160 valence electrons. The molecule has 3 N–H and O–H groups in total. The Labute approximate surface area is 176 Å². The monoisotopic (exact) mass is 420 g/mol. The zero-order valence-electron chi connectivity index (χ0n) is 17.5. The molecule has 3 rings (SSSR count). The highest BCUT2D eigenvalue weighted by Gasteiger charge is 2.47. The molecule has 2 atom stereocenters. The number of rotatable bonds is 7. The van der Waals surface area contributed by atoms with Crippen LogP contribution in [0.1, 0.15) is 56.1 Å². The molecule has 3 amide bonds. The van der Waals surface area contributed by atoms with Gasteiger partial charge in [-0.3, -0.25) is 14.4 Å². The lowest BCUT2D eigenvalue weighted by Crippen LogP contribution is -2.47. The summed E-state index contributed by atoms with van der Waals surface area (Å²) in [5.41, 5.74) is 5.42. The summed E-state index contributed by atoms with van der Waals surface area (Å²) in [4.78, 5) is 43.2. The zero-order chi connectivity index (χ0) is 21.2. The fourth-order valence-electron chi connectivity index (χ4n) is 3.95. The zero-order valence-corrected chi connectivity index (χ0v) is 18.3. The molecule has 7 nitrogen and oxygen atoms in total. The molecule has 1 aliphatic heterocycles. The Kier molecular flexibility index (Phi) is 6.63. The summed E-state index contributed by atoms with van der Waals surface area (Å²) < 4.78 is 0. The first kappa shape index (κ1) is 21.8. The lowest BCUT2D eigenvalue weighted by Gasteiger charge is -2.31. The summed E-state index contributed by atoms with van der Waals surface area (Å²) in [6, 6.07) is 3.13. The highest BCUT2D eigenvalue weighted by Crippen LogP contribution is 2.36. The number of amides is 3. The van der Waals surface area contributed by atoms with Gasteiger partial charge in [0.05, 0.1) is 10.9 Å². The average molecular weight is 421 g/mol. The molecule has 1 saturated heterocycles. The predicted molar refractivity (Wildman–Crippen MR) is 114 cm³/mol. The third-order valence-corrected chi connectivity index (χ3v) is 6.18. The molecule has 1 saturated carbocycles. The van der Waals surface area contributed by atoms with Gasteiger partial charge < -0.3 is 20.9 Å². The van der Waals surface area contributed by atoms with Crippen LogP contribution in [0.25, 0.3) is 0 Å². The minimum Gasteiger partial charge on any atom is -0.353 e. The van der Waals surface area contributed by atoms with Crippen LogP contribution in [0.4, 0.5) is 0 Å². The summed E-state index contributed by atoms with van der Waals surface area (Å²) >= 11 is 1.37. The number of carbonyl (C=O) groups excluding carboxylic acids is 3. The molecule has 2 aliphatic rings. The highest BCUT2D eigenvalue weighted by atomic mass is 32.1. The van der Waals surface area contributed by atoms with Crippen LogP contribution in [0.5, 0.6) is 0 Å². The molecule has 0 aromatic carbocycles. The van der Waals surface area contributed by atoms with Crippen molar-refractivity contribution in [1.29, 1.82) is 0 Å². The van der Waals surface area contributed by atoms with E-state index in [1.54, 1.807) is 11.0 Å². The first-order valence-electron chi connectivity index (χ1n) is 10.3. The van der Waals surface area contributed by atoms with Gasteiger partial charge in [-0.1, -0.05) is 26.8 Å². The van der Waals surface area contributed by atoms with Crippen molar-refractivity contribution >= 4 is 29.1 Å². The maximum atomic E-state index is 13.1. The van der Waals surface area contributed by atoms with Gasteiger partial charge in [-0.05, 0) is 36.1 Å². The topological polar surface area (TPSA) is 95.7 Å². The largest absolute Gasteiger partial charge is 0.353 e. The summed E-state index contributed by atoms with van der Waals surface area (Å²) in [6.07, 6.45) is 2.92. The van der Waals surface area contributed by atoms with Crippen molar-refractivity contribution in [3.8, 4) is 0 Å². The number of hydrogen-bond acceptors (Lipinski definition) is 5. The molecule has 0 bridgehead atoms. The van der Waals surface area contributed by atoms with Crippen LogP contribution >= 0.6 is 11.3 Å². The van der Waals surface area contributed by atoms with E-state index in [0.717, 1.165) is 12.8 Å². The number of carbonyl (C=O) groups is 3. The third-order valence-electron chi connectivity index (χ3n) is 5.32. The quantitative estimate of drug-likeness (QED) is 0.703. The fraction of sp³-hybridized carbons (Fsp3) is 0.667. The van der Waals surface area contributed by atoms with E-state index in [1.165, 1.54) is 11.3 Å². The molecule has 1 aromatic heterocycles. The van der Waals surface area contributed by atoms with Gasteiger partial charge in [-0.2, -0.15) is 0 Å². The third kappa shape index (κ3) is 5.36. The second-order valence-electron chi connectivity index (χ2n) is 9.19. The highest BCUT2D eigenvalue weighted by molar-refractivity contribution is 7.12. The summed E-state index contributed by atoms with van der Waals surface area (Å²) in [5, 5.41) is 4.67. The maximum Gasteiger partial charge on any atom is 0.264 e. The molecular weight excluding hydrogens is 388 g/mol. The molecule has 1 aromatic rings. The van der Waals surface area contributed by atoms with Gasteiger partial charge >= 0.3 is 0 Å². The molecule has 29 heavy (non-hydrogen) atoms. The van der Waals surface area contributed by atoms with Crippen LogP contribution in [-0.2, 0) is 9.59 Å². The Morgan fingerprint density at radius 2 is 2.00 bits per heavy atom. The molecule has 2 fully saturated rings. The van der Waals surface area contributed by atoms with Crippen LogP contribution in [0.3, 0.4) is 0 Å². The Balaban J connectivity index is 1.81. The van der Waals surface area contributed by atoms with E-state index in [1.807, 2.05) is 16.3 Å². The molecule has 2 heterocycles. The van der Waals surface area contributed by atoms with Gasteiger partial charge in [0.1, 0.15) is 6.04 Å². The Bertz CT molecular complexity index is 740. The van der Waals surface area contributed by atoms with Crippen LogP contribution in [-0.4, -0.2) is 65.3 Å². The summed E-state index contributed by atoms with van der Waals surface area (Å²) in [5.74, 6) is -0.215. The van der Waals surface area contributed by atoms with E-state index in [4.69, 9.17) is 5.73 Å². The Morgan fingerprint density at radius 3 is 2.55 bits per heavy atom. The predicted octanol–water partition coefficient (Wildman–Crippen LogP) is 1.83. The van der Waals surface area contributed by atoms with E-state index in [-0.39, 0.29) is 35.2 Å². The van der Waals surface area contributed by atoms with Crippen LogP contribution in [0, 0.1) is 5.41 Å². The smallest absolute Gasteiger partial charge is 0.264 e. The van der Waals surface area contributed by atoms with Crippen molar-refractivity contribution in [3.05, 3.63) is 22.4 Å². The van der Waals surface area contributed by atoms with Gasteiger partial charge in [-0.25, -0.2) is 0 Å². The van der Waals surface area contributed by atoms with Gasteiger partial charge in [0.25, 0.3) is 5.91 Å². The lowest BCUT2D eigenvalue weighted by molar-refractivity contribution is -0.136. The van der Waals surface area contributed by atoms with Crippen molar-refractivity contribution in [2.45, 2.75) is 64.6 Å². The standard InChI is InChI=1S/C21H32N4O3S/c1-21(2,3)12-18(26)25(14-6-7-14)15-11-16(19(27)23-9-8-22)24(13-15)20(28)17-5-4-10-29-17/h4-5,10,14-16H,6-9,11-13,22H2,1-3H3,(H,23,27). The number of nitrogens with two attached hydrogens (primary N) is 1. The van der Waals surface area contributed by atoms with Crippen molar-refractivity contribution in [2.24, 2.45) is 11.1 Å². The first-order chi connectivity index (χ1) is 13.7. The van der Waals surface area contributed by atoms with Gasteiger partial charge in [0.2, 0.25) is 11.8 Å². The average Bonchev–Trinajstić information content (AvgIpc) is 3.15. The van der Waals surface area contributed by atoms with Crippen molar-refractivity contribution in [2.75, 3.05) is 19.6 Å². The van der Waals surface area contributed by atoms with Crippen molar-refractivity contribution in [1.82, 2.24) is 15.1 Å². The van der Waals surface area contributed by atoms with E-state index in [9.17, 15) is 14.4 Å². The lowest BCUT2D eigenvalue weighted by atomic mass is 9.91. The summed E-state index contributed by atoms with van der Waals surface area (Å²) in [6.45, 7) is 7.28. The molecule has 1 aliphatic carbocycles. The Morgan fingerprint density at radius 1 is 1.28 bits per heavy atom. The van der Waals surface area contributed by atoms with Crippen LogP contribution in [0.2, 0.25) is 0 Å². The molecular formula is C21H32N4O3S. The van der Waals surface area contributed by atoms with Crippen LogP contribution in [0.15, 0.2) is 17.5 Å². The number of thiophene rings is 1. The van der Waals surface area contributed by atoms with Crippen molar-refractivity contribution < 1.29 is 14.4 Å². The number of likely N-dealkylation sites (tertiary alicyclic amines) is 1. The van der Waals surface area contributed by atoms with Crippen LogP contribution < -0.4 is 11.1 Å². The van der Waals surface area contributed by atoms with Gasteiger partial charge in [0.15, 0.2) is 0 Å². The Hall–Kier alpha value is -1.93. The SMILES string of the molecule is CC(C)(C)CC(=O)N(C1CC1)C1CC(C(=O)NCCN)N(C(=O)c2cccs2)C1. The van der Waals surface area contributed by atoms with Gasteiger partial charge in [-0.15, -0.1) is 11.3 Å². The summed E-state index contributed by atoms with van der Waals surface area (Å²) in [7, 11) is 0. The molecule has 0 radical (unpaired) electrons. The molecule has 0 spiro atoms. The second-order valence-corrected chi connectivity index (χ2v) is 10.1. The van der Waals surface area contributed by atoms with E-state index in [0.29, 0.717) is 37.4 Å². The number of nitrogens with one attached hydrogen (secondary N) is 1. The van der Waals surface area contributed by atoms with Crippen molar-refractivity contribution in [3.63, 3.8) is 0 Å². The second kappa shape index (κ2) is 8.83. The minimum atomic E-state index is -0.579. The molecule has 8 heteroatoms. The van der Waals surface area contributed by atoms with E-state index in [2.05, 4.69) is 26.1 Å². The van der Waals surface area contributed by atoms with E-state index < -0.39 is 6.04 Å². The maximum absolute atomic E-state index is 13.1. The number of hydrogen-bond donors (Lipinski definition) is 2.